The predicted molar refractivity (Wildman–Crippen MR) is 61.0 cm³/mol. The minimum Gasteiger partial charge on any atom is -0.329 e. The fraction of sp³-hybridized carbons (Fsp3) is 0.167. The molecule has 2 heterocycles. The lowest BCUT2D eigenvalue weighted by atomic mass is 10.0. The Kier molecular flexibility index (Phi) is 1.57. The maximum Gasteiger partial charge on any atom is 0.256 e. The van der Waals surface area contributed by atoms with Crippen LogP contribution in [0.1, 0.15) is 12.5 Å². The molecular formula is C12H10N2O. The monoisotopic (exact) mass is 198 g/mol. The van der Waals surface area contributed by atoms with E-state index in [1.165, 1.54) is 0 Å². The van der Waals surface area contributed by atoms with Crippen molar-refractivity contribution in [1.82, 2.24) is 4.98 Å². The Morgan fingerprint density at radius 2 is 2.20 bits per heavy atom. The topological polar surface area (TPSA) is 45.2 Å². The van der Waals surface area contributed by atoms with Gasteiger partial charge in [-0.15, -0.1) is 0 Å². The molecule has 1 aliphatic rings. The summed E-state index contributed by atoms with van der Waals surface area (Å²) in [7, 11) is 0. The van der Waals surface area contributed by atoms with Crippen LogP contribution in [0.4, 0.5) is 5.69 Å². The van der Waals surface area contributed by atoms with Crippen LogP contribution in [0, 0.1) is 0 Å². The van der Waals surface area contributed by atoms with E-state index in [0.29, 0.717) is 0 Å². The summed E-state index contributed by atoms with van der Waals surface area (Å²) in [4.78, 5) is 18.9. The maximum atomic E-state index is 11.7. The molecule has 0 amide bonds. The average Bonchev–Trinajstić information content (AvgIpc) is 2.58. The summed E-state index contributed by atoms with van der Waals surface area (Å²) < 4.78 is 0. The van der Waals surface area contributed by atoms with Crippen molar-refractivity contribution in [2.45, 2.75) is 13.3 Å². The van der Waals surface area contributed by atoms with E-state index < -0.39 is 0 Å². The fourth-order valence-electron chi connectivity index (χ4n) is 2.13. The first kappa shape index (κ1) is 8.41. The predicted octanol–water partition coefficient (Wildman–Crippen LogP) is 2.18. The fourth-order valence-corrected chi connectivity index (χ4v) is 2.13. The van der Waals surface area contributed by atoms with E-state index in [1.54, 1.807) is 6.20 Å². The molecule has 3 rings (SSSR count). The Morgan fingerprint density at radius 3 is 3.07 bits per heavy atom. The Labute approximate surface area is 86.5 Å². The van der Waals surface area contributed by atoms with Gasteiger partial charge in [0.05, 0.1) is 11.1 Å². The quantitative estimate of drug-likeness (QED) is 0.692. The molecule has 0 spiro atoms. The molecule has 74 valence electrons. The van der Waals surface area contributed by atoms with Crippen molar-refractivity contribution in [1.29, 1.82) is 0 Å². The van der Waals surface area contributed by atoms with Crippen molar-refractivity contribution in [2.24, 2.45) is 4.99 Å². The molecule has 0 atom stereocenters. The van der Waals surface area contributed by atoms with Gasteiger partial charge in [-0.2, -0.15) is 0 Å². The summed E-state index contributed by atoms with van der Waals surface area (Å²) in [5, 5.41) is 1.78. The smallest absolute Gasteiger partial charge is 0.256 e. The van der Waals surface area contributed by atoms with Crippen molar-refractivity contribution in [3.8, 4) is 0 Å². The van der Waals surface area contributed by atoms with Crippen LogP contribution >= 0.6 is 0 Å². The van der Waals surface area contributed by atoms with Gasteiger partial charge in [0.25, 0.3) is 5.56 Å². The molecule has 3 heteroatoms. The minimum atomic E-state index is -0.0192. The van der Waals surface area contributed by atoms with Gasteiger partial charge in [-0.25, -0.2) is 0 Å². The molecule has 3 nitrogen and oxygen atoms in total. The molecule has 1 N–H and O–H groups in total. The summed E-state index contributed by atoms with van der Waals surface area (Å²) in [6.07, 6.45) is 2.47. The first-order chi connectivity index (χ1) is 7.25. The van der Waals surface area contributed by atoms with E-state index in [1.807, 2.05) is 25.1 Å². The third-order valence-electron chi connectivity index (χ3n) is 2.77. The van der Waals surface area contributed by atoms with Crippen LogP contribution < -0.4 is 5.56 Å². The zero-order valence-electron chi connectivity index (χ0n) is 8.37. The van der Waals surface area contributed by atoms with Crippen molar-refractivity contribution in [3.63, 3.8) is 0 Å². The summed E-state index contributed by atoms with van der Waals surface area (Å²) in [5.74, 6) is 0. The summed E-state index contributed by atoms with van der Waals surface area (Å²) in [6.45, 7) is 1.99. The van der Waals surface area contributed by atoms with E-state index in [-0.39, 0.29) is 5.56 Å². The van der Waals surface area contributed by atoms with Crippen LogP contribution in [0.3, 0.4) is 0 Å². The number of hydrogen-bond acceptors (Lipinski definition) is 2. The van der Waals surface area contributed by atoms with Crippen LogP contribution in [-0.2, 0) is 6.42 Å². The van der Waals surface area contributed by atoms with E-state index in [9.17, 15) is 4.79 Å². The molecule has 2 aromatic rings. The third-order valence-corrected chi connectivity index (χ3v) is 2.77. The summed E-state index contributed by atoms with van der Waals surface area (Å²) >= 11 is 0. The van der Waals surface area contributed by atoms with Gasteiger partial charge in [0.2, 0.25) is 0 Å². The largest absolute Gasteiger partial charge is 0.329 e. The second kappa shape index (κ2) is 2.79. The highest BCUT2D eigenvalue weighted by atomic mass is 16.1. The lowest BCUT2D eigenvalue weighted by Gasteiger charge is -2.02. The molecule has 1 aromatic heterocycles. The molecule has 0 unspecified atom stereocenters. The minimum absolute atomic E-state index is 0.0192. The Bertz CT molecular complexity index is 638. The normalized spacial score (nSPS) is 14.1. The van der Waals surface area contributed by atoms with E-state index in [4.69, 9.17) is 0 Å². The van der Waals surface area contributed by atoms with Crippen LogP contribution in [0.2, 0.25) is 0 Å². The van der Waals surface area contributed by atoms with Crippen LogP contribution in [0.5, 0.6) is 0 Å². The molecule has 15 heavy (non-hydrogen) atoms. The third kappa shape index (κ3) is 1.13. The van der Waals surface area contributed by atoms with E-state index >= 15 is 0 Å². The molecule has 0 saturated carbocycles. The number of aromatic nitrogens is 1. The molecule has 0 radical (unpaired) electrons. The number of pyridine rings is 1. The molecule has 0 fully saturated rings. The van der Waals surface area contributed by atoms with E-state index in [0.717, 1.165) is 34.2 Å². The zero-order chi connectivity index (χ0) is 10.4. The van der Waals surface area contributed by atoms with Crippen molar-refractivity contribution in [2.75, 3.05) is 0 Å². The van der Waals surface area contributed by atoms with Crippen molar-refractivity contribution >= 4 is 22.2 Å². The summed E-state index contributed by atoms with van der Waals surface area (Å²) in [5.41, 5.74) is 3.05. The number of aliphatic imine (C=N–C) groups is 1. The van der Waals surface area contributed by atoms with E-state index in [2.05, 4.69) is 9.98 Å². The number of nitrogens with one attached hydrogen (secondary N) is 1. The Hall–Kier alpha value is -1.90. The first-order valence-electron chi connectivity index (χ1n) is 4.93. The number of aromatic amines is 1. The van der Waals surface area contributed by atoms with Gasteiger partial charge in [0.15, 0.2) is 0 Å². The number of rotatable bonds is 0. The Morgan fingerprint density at radius 1 is 1.33 bits per heavy atom. The molecule has 0 saturated heterocycles. The number of hydrogen-bond donors (Lipinski definition) is 1. The first-order valence-corrected chi connectivity index (χ1v) is 4.93. The second-order valence-electron chi connectivity index (χ2n) is 3.86. The molecular weight excluding hydrogens is 188 g/mol. The van der Waals surface area contributed by atoms with Crippen molar-refractivity contribution in [3.05, 3.63) is 40.3 Å². The number of fused-ring (bicyclic) bond motifs is 3. The van der Waals surface area contributed by atoms with Crippen LogP contribution in [-0.4, -0.2) is 10.7 Å². The van der Waals surface area contributed by atoms with Gasteiger partial charge in [-0.05, 0) is 30.0 Å². The molecule has 0 bridgehead atoms. The number of nitrogens with zero attached hydrogens (tertiary/aromatic N) is 1. The standard InChI is InChI=1S/C12H10N2O/c1-7-6-9-10(14-7)3-2-8-4-5-13-12(15)11(8)9/h2-5H,6H2,1H3,(H,13,15). The average molecular weight is 198 g/mol. The lowest BCUT2D eigenvalue weighted by molar-refractivity contribution is 1.26. The zero-order valence-corrected chi connectivity index (χ0v) is 8.37. The van der Waals surface area contributed by atoms with Crippen LogP contribution in [0.15, 0.2) is 34.2 Å². The van der Waals surface area contributed by atoms with Gasteiger partial charge in [-0.1, -0.05) is 6.07 Å². The maximum absolute atomic E-state index is 11.7. The van der Waals surface area contributed by atoms with Gasteiger partial charge in [-0.3, -0.25) is 9.79 Å². The number of H-pyrrole nitrogens is 1. The SMILES string of the molecule is CC1=Nc2ccc3cc[nH]c(=O)c3c2C1. The molecule has 1 aromatic carbocycles. The van der Waals surface area contributed by atoms with Gasteiger partial charge in [0.1, 0.15) is 0 Å². The highest BCUT2D eigenvalue weighted by molar-refractivity contribution is 6.00. The molecule has 1 aliphatic heterocycles. The second-order valence-corrected chi connectivity index (χ2v) is 3.86. The van der Waals surface area contributed by atoms with Gasteiger partial charge >= 0.3 is 0 Å². The van der Waals surface area contributed by atoms with Crippen molar-refractivity contribution < 1.29 is 0 Å². The highest BCUT2D eigenvalue weighted by Gasteiger charge is 2.15. The van der Waals surface area contributed by atoms with Crippen LogP contribution in [0.25, 0.3) is 10.8 Å². The Balaban J connectivity index is 2.47. The highest BCUT2D eigenvalue weighted by Crippen LogP contribution is 2.31. The molecule has 0 aliphatic carbocycles. The van der Waals surface area contributed by atoms with Gasteiger partial charge in [0, 0.05) is 18.3 Å². The number of benzene rings is 1. The lowest BCUT2D eigenvalue weighted by Crippen LogP contribution is -2.07. The van der Waals surface area contributed by atoms with Gasteiger partial charge < -0.3 is 4.98 Å². The summed E-state index contributed by atoms with van der Waals surface area (Å²) in [6, 6.07) is 5.85.